The highest BCUT2D eigenvalue weighted by atomic mass is 16.6. The molecule has 0 heterocycles. The van der Waals surface area contributed by atoms with E-state index >= 15 is 0 Å². The lowest BCUT2D eigenvalue weighted by Gasteiger charge is -2.12. The average molecular weight is 248 g/mol. The molecule has 5 heteroatoms. The number of hydrogen-bond acceptors (Lipinski definition) is 4. The minimum Gasteiger partial charge on any atom is -0.481 e. The lowest BCUT2D eigenvalue weighted by atomic mass is 10.1. The van der Waals surface area contributed by atoms with Crippen molar-refractivity contribution in [3.8, 4) is 18.1 Å². The van der Waals surface area contributed by atoms with Crippen LogP contribution in [0.4, 0.5) is 5.69 Å². The fraction of sp³-hybridized carbons (Fsp3) is 0.385. The first kappa shape index (κ1) is 14.0. The molecular formula is C13H16N2O3. The minimum absolute atomic E-state index is 0.0450. The topological polar surface area (TPSA) is 64.4 Å². The molecule has 0 aliphatic carbocycles. The highest BCUT2D eigenvalue weighted by Crippen LogP contribution is 2.24. The summed E-state index contributed by atoms with van der Waals surface area (Å²) < 4.78 is 5.35. The third-order valence-electron chi connectivity index (χ3n) is 2.27. The van der Waals surface area contributed by atoms with Crippen molar-refractivity contribution in [1.82, 2.24) is 5.32 Å². The van der Waals surface area contributed by atoms with Gasteiger partial charge in [-0.1, -0.05) is 19.8 Å². The van der Waals surface area contributed by atoms with Crippen molar-refractivity contribution < 1.29 is 9.66 Å². The molecule has 0 aliphatic heterocycles. The summed E-state index contributed by atoms with van der Waals surface area (Å²) in [6, 6.07) is 4.77. The minimum atomic E-state index is -0.427. The lowest BCUT2D eigenvalue weighted by molar-refractivity contribution is -0.384. The summed E-state index contributed by atoms with van der Waals surface area (Å²) in [4.78, 5) is 10.3. The Kier molecular flexibility index (Phi) is 5.15. The normalized spacial score (nSPS) is 10.1. The SMILES string of the molecule is C#CCOc1ccc([N+](=O)[O-])cc1CNC(C)C. The second-order valence-corrected chi connectivity index (χ2v) is 4.08. The zero-order chi connectivity index (χ0) is 13.5. The van der Waals surface area contributed by atoms with Crippen molar-refractivity contribution in [3.05, 3.63) is 33.9 Å². The number of nitrogens with zero attached hydrogens (tertiary/aromatic N) is 1. The summed E-state index contributed by atoms with van der Waals surface area (Å²) in [6.07, 6.45) is 5.13. The summed E-state index contributed by atoms with van der Waals surface area (Å²) in [5, 5.41) is 13.9. The van der Waals surface area contributed by atoms with Crippen LogP contribution in [0.25, 0.3) is 0 Å². The van der Waals surface area contributed by atoms with Gasteiger partial charge < -0.3 is 10.1 Å². The molecule has 0 unspecified atom stereocenters. The zero-order valence-electron chi connectivity index (χ0n) is 10.5. The van der Waals surface area contributed by atoms with Crippen LogP contribution in [0.15, 0.2) is 18.2 Å². The molecule has 96 valence electrons. The van der Waals surface area contributed by atoms with E-state index in [9.17, 15) is 10.1 Å². The van der Waals surface area contributed by atoms with Crippen molar-refractivity contribution in [2.24, 2.45) is 0 Å². The Balaban J connectivity index is 2.94. The highest BCUT2D eigenvalue weighted by Gasteiger charge is 2.11. The van der Waals surface area contributed by atoms with E-state index in [0.717, 1.165) is 5.56 Å². The quantitative estimate of drug-likeness (QED) is 0.475. The van der Waals surface area contributed by atoms with Crippen LogP contribution < -0.4 is 10.1 Å². The number of terminal acetylenes is 1. The number of rotatable bonds is 6. The van der Waals surface area contributed by atoms with E-state index in [1.165, 1.54) is 12.1 Å². The van der Waals surface area contributed by atoms with Crippen LogP contribution in [0.2, 0.25) is 0 Å². The van der Waals surface area contributed by atoms with Crippen LogP contribution in [-0.4, -0.2) is 17.6 Å². The van der Waals surface area contributed by atoms with Crippen LogP contribution in [0.5, 0.6) is 5.75 Å². The predicted octanol–water partition coefficient (Wildman–Crippen LogP) is 2.10. The van der Waals surface area contributed by atoms with Gasteiger partial charge in [-0.2, -0.15) is 0 Å². The maximum atomic E-state index is 10.7. The fourth-order valence-electron chi connectivity index (χ4n) is 1.39. The van der Waals surface area contributed by atoms with Crippen molar-refractivity contribution in [2.45, 2.75) is 26.4 Å². The van der Waals surface area contributed by atoms with Gasteiger partial charge in [-0.15, -0.1) is 6.42 Å². The Labute approximate surface area is 106 Å². The predicted molar refractivity (Wildman–Crippen MR) is 69.4 cm³/mol. The van der Waals surface area contributed by atoms with Crippen LogP contribution in [0, 0.1) is 22.5 Å². The van der Waals surface area contributed by atoms with Crippen molar-refractivity contribution in [2.75, 3.05) is 6.61 Å². The molecule has 1 rings (SSSR count). The number of nitro groups is 1. The molecule has 0 radical (unpaired) electrons. The number of ether oxygens (including phenoxy) is 1. The third kappa shape index (κ3) is 4.07. The molecule has 18 heavy (non-hydrogen) atoms. The summed E-state index contributed by atoms with van der Waals surface area (Å²) in [7, 11) is 0. The number of nitro benzene ring substituents is 1. The molecule has 5 nitrogen and oxygen atoms in total. The van der Waals surface area contributed by atoms with Crippen LogP contribution >= 0.6 is 0 Å². The Morgan fingerprint density at radius 2 is 2.28 bits per heavy atom. The first-order valence-electron chi connectivity index (χ1n) is 5.61. The van der Waals surface area contributed by atoms with Gasteiger partial charge in [0.2, 0.25) is 0 Å². The number of non-ortho nitro benzene ring substituents is 1. The van der Waals surface area contributed by atoms with E-state index in [1.807, 2.05) is 13.8 Å². The maximum absolute atomic E-state index is 10.7. The van der Waals surface area contributed by atoms with Crippen LogP contribution in [0.3, 0.4) is 0 Å². The van der Waals surface area contributed by atoms with Crippen LogP contribution in [0.1, 0.15) is 19.4 Å². The largest absolute Gasteiger partial charge is 0.481 e. The molecule has 0 aliphatic rings. The monoisotopic (exact) mass is 248 g/mol. The van der Waals surface area contributed by atoms with E-state index in [4.69, 9.17) is 11.2 Å². The molecule has 1 aromatic rings. The van der Waals surface area contributed by atoms with Gasteiger partial charge in [-0.3, -0.25) is 10.1 Å². The molecule has 0 amide bonds. The Hall–Kier alpha value is -2.06. The lowest BCUT2D eigenvalue weighted by Crippen LogP contribution is -2.22. The van der Waals surface area contributed by atoms with E-state index in [1.54, 1.807) is 6.07 Å². The van der Waals surface area contributed by atoms with Crippen LogP contribution in [-0.2, 0) is 6.54 Å². The van der Waals surface area contributed by atoms with Crippen molar-refractivity contribution in [3.63, 3.8) is 0 Å². The average Bonchev–Trinajstić information content (AvgIpc) is 2.33. The molecule has 0 bridgehead atoms. The summed E-state index contributed by atoms with van der Waals surface area (Å²) in [5.41, 5.74) is 0.775. The Morgan fingerprint density at radius 1 is 1.56 bits per heavy atom. The summed E-state index contributed by atoms with van der Waals surface area (Å²) in [6.45, 7) is 4.64. The molecule has 0 saturated heterocycles. The molecular weight excluding hydrogens is 232 g/mol. The molecule has 0 atom stereocenters. The number of hydrogen-bond donors (Lipinski definition) is 1. The van der Waals surface area contributed by atoms with Gasteiger partial charge in [-0.25, -0.2) is 0 Å². The summed E-state index contributed by atoms with van der Waals surface area (Å²) >= 11 is 0. The van der Waals surface area contributed by atoms with Gasteiger partial charge in [0.15, 0.2) is 0 Å². The second kappa shape index (κ2) is 6.62. The molecule has 1 aromatic carbocycles. The fourth-order valence-corrected chi connectivity index (χ4v) is 1.39. The Bertz CT molecular complexity index is 464. The van der Waals surface area contributed by atoms with Gasteiger partial charge in [0.25, 0.3) is 5.69 Å². The standard InChI is InChI=1S/C13H16N2O3/c1-4-7-18-13-6-5-12(15(16)17)8-11(13)9-14-10(2)3/h1,5-6,8,10,14H,7,9H2,2-3H3. The highest BCUT2D eigenvalue weighted by molar-refractivity contribution is 5.44. The van der Waals surface area contributed by atoms with E-state index in [2.05, 4.69) is 11.2 Å². The van der Waals surface area contributed by atoms with Gasteiger partial charge >= 0.3 is 0 Å². The smallest absolute Gasteiger partial charge is 0.270 e. The van der Waals surface area contributed by atoms with Gasteiger partial charge in [0.1, 0.15) is 12.4 Å². The molecule has 0 spiro atoms. The summed E-state index contributed by atoms with van der Waals surface area (Å²) in [5.74, 6) is 2.94. The van der Waals surface area contributed by atoms with E-state index in [-0.39, 0.29) is 18.3 Å². The first-order valence-corrected chi connectivity index (χ1v) is 5.61. The van der Waals surface area contributed by atoms with Gasteiger partial charge in [0, 0.05) is 30.3 Å². The van der Waals surface area contributed by atoms with Gasteiger partial charge in [-0.05, 0) is 6.07 Å². The molecule has 0 aromatic heterocycles. The molecule has 1 N–H and O–H groups in total. The van der Waals surface area contributed by atoms with E-state index in [0.29, 0.717) is 12.3 Å². The molecule has 0 fully saturated rings. The molecule has 0 saturated carbocycles. The van der Waals surface area contributed by atoms with E-state index < -0.39 is 4.92 Å². The number of benzene rings is 1. The Morgan fingerprint density at radius 3 is 2.83 bits per heavy atom. The second-order valence-electron chi connectivity index (χ2n) is 4.08. The maximum Gasteiger partial charge on any atom is 0.270 e. The first-order chi connectivity index (χ1) is 8.54. The van der Waals surface area contributed by atoms with Crippen molar-refractivity contribution >= 4 is 5.69 Å². The van der Waals surface area contributed by atoms with Gasteiger partial charge in [0.05, 0.1) is 4.92 Å². The van der Waals surface area contributed by atoms with Crippen molar-refractivity contribution in [1.29, 1.82) is 0 Å². The third-order valence-corrected chi connectivity index (χ3v) is 2.27. The zero-order valence-corrected chi connectivity index (χ0v) is 10.5. The number of nitrogens with one attached hydrogen (secondary N) is 1.